The van der Waals surface area contributed by atoms with Crippen LogP contribution in [-0.4, -0.2) is 46.8 Å². The molecule has 0 aromatic rings. The minimum atomic E-state index is -1.11. The highest BCUT2D eigenvalue weighted by Crippen LogP contribution is 2.34. The Hall–Kier alpha value is -1.59. The van der Waals surface area contributed by atoms with Gasteiger partial charge in [0.1, 0.15) is 0 Å². The number of aliphatic carboxylic acids is 1. The number of carboxylic acids is 1. The van der Waals surface area contributed by atoms with Crippen molar-refractivity contribution >= 4 is 17.6 Å². The van der Waals surface area contributed by atoms with Gasteiger partial charge in [0.2, 0.25) is 6.10 Å². The average Bonchev–Trinajstić information content (AvgIpc) is 3.29. The van der Waals surface area contributed by atoms with Crippen LogP contribution in [0.1, 0.15) is 32.1 Å². The largest absolute Gasteiger partial charge is 0.477 e. The first-order valence-electron chi connectivity index (χ1n) is 6.88. The van der Waals surface area contributed by atoms with E-state index in [2.05, 4.69) is 5.16 Å². The van der Waals surface area contributed by atoms with Crippen LogP contribution < -0.4 is 0 Å². The minimum absolute atomic E-state index is 0.0591. The summed E-state index contributed by atoms with van der Waals surface area (Å²) in [6.07, 6.45) is 4.12. The molecule has 1 atom stereocenters. The molecule has 0 aromatic heterocycles. The van der Waals surface area contributed by atoms with Crippen molar-refractivity contribution in [1.82, 2.24) is 4.90 Å². The van der Waals surface area contributed by atoms with Crippen LogP contribution in [-0.2, 0) is 14.4 Å². The molecule has 0 bridgehead atoms. The number of carboxylic acid groups (broad SMARTS) is 1. The third-order valence-corrected chi connectivity index (χ3v) is 3.85. The van der Waals surface area contributed by atoms with E-state index >= 15 is 0 Å². The average molecular weight is 266 g/mol. The summed E-state index contributed by atoms with van der Waals surface area (Å²) in [4.78, 5) is 30.0. The van der Waals surface area contributed by atoms with Crippen LogP contribution in [0.5, 0.6) is 0 Å². The van der Waals surface area contributed by atoms with Gasteiger partial charge in [-0.3, -0.25) is 4.79 Å². The number of oxime groups is 1. The van der Waals surface area contributed by atoms with Gasteiger partial charge in [-0.1, -0.05) is 5.16 Å². The molecule has 0 spiro atoms. The third-order valence-electron chi connectivity index (χ3n) is 3.85. The molecule has 1 N–H and O–H groups in total. The third kappa shape index (κ3) is 3.05. The molecule has 104 valence electrons. The summed E-state index contributed by atoms with van der Waals surface area (Å²) < 4.78 is 0. The number of carbonyl (C=O) groups is 2. The van der Waals surface area contributed by atoms with Gasteiger partial charge in [-0.25, -0.2) is 4.79 Å². The van der Waals surface area contributed by atoms with E-state index in [1.165, 1.54) is 25.7 Å². The van der Waals surface area contributed by atoms with Gasteiger partial charge in [-0.2, -0.15) is 0 Å². The van der Waals surface area contributed by atoms with Crippen molar-refractivity contribution in [2.75, 3.05) is 13.1 Å². The maximum absolute atomic E-state index is 12.4. The molecule has 1 unspecified atom stereocenters. The van der Waals surface area contributed by atoms with E-state index in [4.69, 9.17) is 9.94 Å². The van der Waals surface area contributed by atoms with Gasteiger partial charge < -0.3 is 14.8 Å². The maximum Gasteiger partial charge on any atom is 0.353 e. The number of hydrogen-bond donors (Lipinski definition) is 1. The molecule has 1 heterocycles. The normalized spacial score (nSPS) is 25.7. The van der Waals surface area contributed by atoms with Crippen LogP contribution in [0.4, 0.5) is 0 Å². The lowest BCUT2D eigenvalue weighted by atomic mass is 10.1. The van der Waals surface area contributed by atoms with Crippen LogP contribution in [0.2, 0.25) is 0 Å². The molecule has 1 aliphatic heterocycles. The van der Waals surface area contributed by atoms with E-state index in [9.17, 15) is 9.59 Å². The molecule has 6 nitrogen and oxygen atoms in total. The molecule has 2 saturated carbocycles. The van der Waals surface area contributed by atoms with E-state index < -0.39 is 12.1 Å². The van der Waals surface area contributed by atoms with Crippen LogP contribution in [0, 0.1) is 11.8 Å². The zero-order valence-electron chi connectivity index (χ0n) is 10.7. The van der Waals surface area contributed by atoms with Crippen LogP contribution in [0.3, 0.4) is 0 Å². The zero-order valence-corrected chi connectivity index (χ0v) is 10.7. The van der Waals surface area contributed by atoms with Gasteiger partial charge in [-0.15, -0.1) is 0 Å². The van der Waals surface area contributed by atoms with Crippen LogP contribution in [0.15, 0.2) is 5.16 Å². The Kier molecular flexibility index (Phi) is 3.16. The van der Waals surface area contributed by atoms with Gasteiger partial charge in [0.15, 0.2) is 5.71 Å². The highest BCUT2D eigenvalue weighted by atomic mass is 16.6. The molecule has 0 radical (unpaired) electrons. The van der Waals surface area contributed by atoms with E-state index in [0.717, 1.165) is 13.1 Å². The van der Waals surface area contributed by atoms with Gasteiger partial charge in [-0.05, 0) is 37.5 Å². The SMILES string of the molecule is O=C(O)C1=NOC(C(=O)N(CC2CC2)CC2CC2)C1. The highest BCUT2D eigenvalue weighted by molar-refractivity contribution is 6.36. The summed E-state index contributed by atoms with van der Waals surface area (Å²) in [5.41, 5.74) is -0.0591. The molecule has 3 rings (SSSR count). The first-order chi connectivity index (χ1) is 9.13. The quantitative estimate of drug-likeness (QED) is 0.773. The smallest absolute Gasteiger partial charge is 0.353 e. The number of rotatable bonds is 6. The second-order valence-corrected chi connectivity index (χ2v) is 5.77. The Labute approximate surface area is 111 Å². The molecule has 1 amide bonds. The van der Waals surface area contributed by atoms with Gasteiger partial charge >= 0.3 is 5.97 Å². The summed E-state index contributed by atoms with van der Waals surface area (Å²) in [5.74, 6) is 0.0537. The molecule has 0 saturated heterocycles. The van der Waals surface area contributed by atoms with E-state index in [1.54, 1.807) is 0 Å². The summed E-state index contributed by atoms with van der Waals surface area (Å²) in [5, 5.41) is 12.3. The maximum atomic E-state index is 12.4. The summed E-state index contributed by atoms with van der Waals surface area (Å²) in [7, 11) is 0. The summed E-state index contributed by atoms with van der Waals surface area (Å²) in [6, 6.07) is 0. The Morgan fingerprint density at radius 1 is 1.21 bits per heavy atom. The first kappa shape index (κ1) is 12.4. The van der Waals surface area contributed by atoms with Gasteiger partial charge in [0, 0.05) is 19.5 Å². The topological polar surface area (TPSA) is 79.2 Å². The van der Waals surface area contributed by atoms with Crippen molar-refractivity contribution in [2.45, 2.75) is 38.2 Å². The predicted molar refractivity (Wildman–Crippen MR) is 66.6 cm³/mol. The fourth-order valence-electron chi connectivity index (χ4n) is 2.32. The lowest BCUT2D eigenvalue weighted by Crippen LogP contribution is -2.42. The number of nitrogens with zero attached hydrogens (tertiary/aromatic N) is 2. The van der Waals surface area contributed by atoms with E-state index in [1.807, 2.05) is 4.90 Å². The molecular weight excluding hydrogens is 248 g/mol. The van der Waals surface area contributed by atoms with Gasteiger partial charge in [0.05, 0.1) is 0 Å². The van der Waals surface area contributed by atoms with E-state index in [0.29, 0.717) is 11.8 Å². The van der Waals surface area contributed by atoms with Crippen molar-refractivity contribution in [1.29, 1.82) is 0 Å². The Bertz CT molecular complexity index is 412. The Morgan fingerprint density at radius 3 is 2.21 bits per heavy atom. The van der Waals surface area contributed by atoms with Crippen molar-refractivity contribution < 1.29 is 19.5 Å². The first-order valence-corrected chi connectivity index (χ1v) is 6.88. The summed E-state index contributed by atoms with van der Waals surface area (Å²) >= 11 is 0. The Morgan fingerprint density at radius 2 is 1.79 bits per heavy atom. The minimum Gasteiger partial charge on any atom is -0.477 e. The fraction of sp³-hybridized carbons (Fsp3) is 0.769. The molecular formula is C13H18N2O4. The highest BCUT2D eigenvalue weighted by Gasteiger charge is 2.38. The van der Waals surface area contributed by atoms with Crippen molar-refractivity contribution in [2.24, 2.45) is 17.0 Å². The fourth-order valence-corrected chi connectivity index (χ4v) is 2.32. The second kappa shape index (κ2) is 4.83. The molecule has 3 aliphatic rings. The number of amides is 1. The molecule has 0 aromatic carbocycles. The number of carbonyl (C=O) groups excluding carboxylic acids is 1. The summed E-state index contributed by atoms with van der Waals surface area (Å²) in [6.45, 7) is 1.58. The monoisotopic (exact) mass is 266 g/mol. The zero-order chi connectivity index (χ0) is 13.4. The van der Waals surface area contributed by atoms with Crippen molar-refractivity contribution in [3.63, 3.8) is 0 Å². The molecule has 2 aliphatic carbocycles. The molecule has 19 heavy (non-hydrogen) atoms. The van der Waals surface area contributed by atoms with Crippen LogP contribution >= 0.6 is 0 Å². The molecule has 6 heteroatoms. The van der Waals surface area contributed by atoms with Crippen LogP contribution in [0.25, 0.3) is 0 Å². The Balaban J connectivity index is 1.58. The number of hydrogen-bond acceptors (Lipinski definition) is 4. The molecule has 2 fully saturated rings. The van der Waals surface area contributed by atoms with Gasteiger partial charge in [0.25, 0.3) is 5.91 Å². The van der Waals surface area contributed by atoms with E-state index in [-0.39, 0.29) is 18.0 Å². The van der Waals surface area contributed by atoms with Crippen molar-refractivity contribution in [3.05, 3.63) is 0 Å². The standard InChI is InChI=1S/C13H18N2O4/c16-12(11-5-10(13(17)18)14-19-11)15(6-8-1-2-8)7-9-3-4-9/h8-9,11H,1-7H2,(H,17,18). The second-order valence-electron chi connectivity index (χ2n) is 5.77. The lowest BCUT2D eigenvalue weighted by Gasteiger charge is -2.24. The lowest BCUT2D eigenvalue weighted by molar-refractivity contribution is -0.142. The van der Waals surface area contributed by atoms with Crippen molar-refractivity contribution in [3.8, 4) is 0 Å². The predicted octanol–water partition coefficient (Wildman–Crippen LogP) is 0.864.